The molecule has 0 bridgehead atoms. The van der Waals surface area contributed by atoms with Gasteiger partial charge < -0.3 is 5.32 Å². The van der Waals surface area contributed by atoms with Gasteiger partial charge in [0.1, 0.15) is 0 Å². The first-order valence-corrected chi connectivity index (χ1v) is 7.11. The number of hydrogen-bond acceptors (Lipinski definition) is 2. The summed E-state index contributed by atoms with van der Waals surface area (Å²) in [4.78, 5) is 0. The lowest BCUT2D eigenvalue weighted by Crippen LogP contribution is -2.16. The van der Waals surface area contributed by atoms with Gasteiger partial charge in [-0.1, -0.05) is 38.0 Å². The van der Waals surface area contributed by atoms with E-state index in [1.807, 2.05) is 23.1 Å². The van der Waals surface area contributed by atoms with Gasteiger partial charge in [0.05, 0.1) is 6.54 Å². The molecule has 3 heteroatoms. The molecule has 3 nitrogen and oxygen atoms in total. The van der Waals surface area contributed by atoms with Crippen LogP contribution in [0.4, 0.5) is 5.69 Å². The Morgan fingerprint density at radius 2 is 2.11 bits per heavy atom. The second-order valence-corrected chi connectivity index (χ2v) is 5.05. The topological polar surface area (TPSA) is 29.9 Å². The van der Waals surface area contributed by atoms with E-state index in [2.05, 4.69) is 48.5 Å². The van der Waals surface area contributed by atoms with E-state index in [0.29, 0.717) is 6.04 Å². The SMILES string of the molecule is CCCCC(C)Nc1ccccc1Cn1cccn1. The highest BCUT2D eigenvalue weighted by molar-refractivity contribution is 5.51. The van der Waals surface area contributed by atoms with Crippen LogP contribution in [0, 0.1) is 0 Å². The van der Waals surface area contributed by atoms with Gasteiger partial charge in [-0.2, -0.15) is 5.10 Å². The molecule has 2 rings (SSSR count). The van der Waals surface area contributed by atoms with Crippen LogP contribution in [0.5, 0.6) is 0 Å². The summed E-state index contributed by atoms with van der Waals surface area (Å²) in [6.45, 7) is 5.30. The van der Waals surface area contributed by atoms with Crippen LogP contribution in [0.15, 0.2) is 42.7 Å². The van der Waals surface area contributed by atoms with Gasteiger partial charge in [0.25, 0.3) is 0 Å². The predicted molar refractivity (Wildman–Crippen MR) is 80.4 cm³/mol. The zero-order chi connectivity index (χ0) is 13.5. The third-order valence-corrected chi connectivity index (χ3v) is 3.30. The van der Waals surface area contributed by atoms with Crippen LogP contribution < -0.4 is 5.32 Å². The summed E-state index contributed by atoms with van der Waals surface area (Å²) in [5.41, 5.74) is 2.51. The molecule has 0 aliphatic heterocycles. The van der Waals surface area contributed by atoms with Crippen LogP contribution >= 0.6 is 0 Å². The number of aromatic nitrogens is 2. The Hall–Kier alpha value is -1.77. The lowest BCUT2D eigenvalue weighted by Gasteiger charge is -2.18. The molecule has 0 aliphatic carbocycles. The molecule has 0 spiro atoms. The summed E-state index contributed by atoms with van der Waals surface area (Å²) in [5.74, 6) is 0. The summed E-state index contributed by atoms with van der Waals surface area (Å²) < 4.78 is 1.96. The normalized spacial score (nSPS) is 12.3. The third kappa shape index (κ3) is 4.12. The number of anilines is 1. The molecule has 1 aromatic carbocycles. The average Bonchev–Trinajstić information content (AvgIpc) is 2.91. The molecule has 1 unspecified atom stereocenters. The predicted octanol–water partition coefficient (Wildman–Crippen LogP) is 3.92. The fourth-order valence-corrected chi connectivity index (χ4v) is 2.22. The van der Waals surface area contributed by atoms with Crippen LogP contribution in [-0.2, 0) is 6.54 Å². The van der Waals surface area contributed by atoms with E-state index in [0.717, 1.165) is 6.54 Å². The number of para-hydroxylation sites is 1. The maximum atomic E-state index is 4.27. The summed E-state index contributed by atoms with van der Waals surface area (Å²) in [7, 11) is 0. The molecular weight excluding hydrogens is 234 g/mol. The largest absolute Gasteiger partial charge is 0.382 e. The van der Waals surface area contributed by atoms with Crippen molar-refractivity contribution in [1.29, 1.82) is 0 Å². The molecule has 1 heterocycles. The lowest BCUT2D eigenvalue weighted by molar-refractivity contribution is 0.641. The molecule has 1 atom stereocenters. The lowest BCUT2D eigenvalue weighted by atomic mass is 10.1. The fraction of sp³-hybridized carbons (Fsp3) is 0.438. The Balaban J connectivity index is 2.03. The Morgan fingerprint density at radius 3 is 2.84 bits per heavy atom. The maximum Gasteiger partial charge on any atom is 0.0679 e. The van der Waals surface area contributed by atoms with E-state index >= 15 is 0 Å². The Labute approximate surface area is 115 Å². The van der Waals surface area contributed by atoms with Crippen molar-refractivity contribution in [2.24, 2.45) is 0 Å². The van der Waals surface area contributed by atoms with Crippen molar-refractivity contribution < 1.29 is 0 Å². The van der Waals surface area contributed by atoms with Crippen molar-refractivity contribution in [2.75, 3.05) is 5.32 Å². The minimum atomic E-state index is 0.513. The van der Waals surface area contributed by atoms with Crippen molar-refractivity contribution in [2.45, 2.75) is 45.7 Å². The molecule has 0 aliphatic rings. The van der Waals surface area contributed by atoms with Crippen LogP contribution in [0.1, 0.15) is 38.7 Å². The molecule has 1 N–H and O–H groups in total. The van der Waals surface area contributed by atoms with Crippen LogP contribution in [-0.4, -0.2) is 15.8 Å². The number of nitrogens with zero attached hydrogens (tertiary/aromatic N) is 2. The zero-order valence-electron chi connectivity index (χ0n) is 11.8. The Kier molecular flexibility index (Phi) is 5.01. The minimum Gasteiger partial charge on any atom is -0.382 e. The molecule has 2 aromatic rings. The highest BCUT2D eigenvalue weighted by atomic mass is 15.3. The number of hydrogen-bond donors (Lipinski definition) is 1. The van der Waals surface area contributed by atoms with E-state index in [4.69, 9.17) is 0 Å². The van der Waals surface area contributed by atoms with E-state index in [-0.39, 0.29) is 0 Å². The van der Waals surface area contributed by atoms with Gasteiger partial charge in [0.15, 0.2) is 0 Å². The van der Waals surface area contributed by atoms with Gasteiger partial charge in [-0.05, 0) is 31.0 Å². The number of unbranched alkanes of at least 4 members (excludes halogenated alkanes) is 1. The smallest absolute Gasteiger partial charge is 0.0679 e. The van der Waals surface area contributed by atoms with Crippen LogP contribution in [0.2, 0.25) is 0 Å². The first-order valence-electron chi connectivity index (χ1n) is 7.11. The molecular formula is C16H23N3. The third-order valence-electron chi connectivity index (χ3n) is 3.30. The first-order chi connectivity index (χ1) is 9.29. The summed E-state index contributed by atoms with van der Waals surface area (Å²) in [6.07, 6.45) is 7.56. The summed E-state index contributed by atoms with van der Waals surface area (Å²) in [5, 5.41) is 7.89. The Bertz CT molecular complexity index is 476. The monoisotopic (exact) mass is 257 g/mol. The highest BCUT2D eigenvalue weighted by Crippen LogP contribution is 2.18. The summed E-state index contributed by atoms with van der Waals surface area (Å²) >= 11 is 0. The van der Waals surface area contributed by atoms with Gasteiger partial charge in [-0.25, -0.2) is 0 Å². The van der Waals surface area contributed by atoms with Gasteiger partial charge in [-0.15, -0.1) is 0 Å². The number of rotatable bonds is 7. The van der Waals surface area contributed by atoms with Gasteiger partial charge in [0, 0.05) is 24.1 Å². The van der Waals surface area contributed by atoms with Crippen molar-refractivity contribution in [3.63, 3.8) is 0 Å². The van der Waals surface area contributed by atoms with Gasteiger partial charge >= 0.3 is 0 Å². The van der Waals surface area contributed by atoms with E-state index < -0.39 is 0 Å². The van der Waals surface area contributed by atoms with E-state index in [9.17, 15) is 0 Å². The zero-order valence-corrected chi connectivity index (χ0v) is 11.8. The standard InChI is InChI=1S/C16H23N3/c1-3-4-8-14(2)18-16-10-6-5-9-15(16)13-19-12-7-11-17-19/h5-7,9-12,14,18H,3-4,8,13H2,1-2H3. The van der Waals surface area contributed by atoms with Crippen molar-refractivity contribution >= 4 is 5.69 Å². The molecule has 0 amide bonds. The Morgan fingerprint density at radius 1 is 1.26 bits per heavy atom. The molecule has 0 saturated heterocycles. The molecule has 102 valence electrons. The second kappa shape index (κ2) is 6.98. The molecule has 1 aromatic heterocycles. The van der Waals surface area contributed by atoms with Gasteiger partial charge in [0.2, 0.25) is 0 Å². The molecule has 0 saturated carbocycles. The number of benzene rings is 1. The second-order valence-electron chi connectivity index (χ2n) is 5.05. The van der Waals surface area contributed by atoms with Crippen molar-refractivity contribution in [3.8, 4) is 0 Å². The van der Waals surface area contributed by atoms with Crippen molar-refractivity contribution in [3.05, 3.63) is 48.3 Å². The van der Waals surface area contributed by atoms with Crippen LogP contribution in [0.3, 0.4) is 0 Å². The van der Waals surface area contributed by atoms with E-state index in [1.54, 1.807) is 0 Å². The molecule has 19 heavy (non-hydrogen) atoms. The van der Waals surface area contributed by atoms with E-state index in [1.165, 1.54) is 30.5 Å². The first kappa shape index (κ1) is 13.7. The molecule has 0 fully saturated rings. The quantitative estimate of drug-likeness (QED) is 0.814. The van der Waals surface area contributed by atoms with Crippen LogP contribution in [0.25, 0.3) is 0 Å². The minimum absolute atomic E-state index is 0.513. The number of nitrogens with one attached hydrogen (secondary N) is 1. The van der Waals surface area contributed by atoms with Gasteiger partial charge in [-0.3, -0.25) is 4.68 Å². The summed E-state index contributed by atoms with van der Waals surface area (Å²) in [6, 6.07) is 11.0. The highest BCUT2D eigenvalue weighted by Gasteiger charge is 2.06. The molecule has 0 radical (unpaired) electrons. The maximum absolute atomic E-state index is 4.27. The fourth-order valence-electron chi connectivity index (χ4n) is 2.22. The average molecular weight is 257 g/mol. The van der Waals surface area contributed by atoms with Crippen molar-refractivity contribution in [1.82, 2.24) is 9.78 Å².